The Balaban J connectivity index is 0. The summed E-state index contributed by atoms with van der Waals surface area (Å²) in [5.41, 5.74) is 0. The average molecular weight is 82.8 g/mol. The molecule has 0 rings (SSSR count). The highest BCUT2D eigenvalue weighted by atomic mass is 19.2. The molecule has 0 bridgehead atoms. The van der Waals surface area contributed by atoms with Crippen LogP contribution in [-0.2, 0) is 0 Å². The monoisotopic (exact) mass is 83.0 g/mol. The van der Waals surface area contributed by atoms with E-state index in [1.165, 1.54) is 0 Å². The molecule has 0 aliphatic rings. The van der Waals surface area contributed by atoms with Gasteiger partial charge in [-0.1, -0.05) is 0 Å². The fraction of sp³-hybridized carbons (Fsp3) is 0. The SMILES string of the molecule is N.OB(F)F. The minimum atomic E-state index is -3.17. The lowest BCUT2D eigenvalue weighted by atomic mass is 10.4. The normalized spacial score (nSPS) is 5.40. The smallest absolute Gasteiger partial charge is 0.395 e. The molecule has 0 saturated heterocycles. The summed E-state index contributed by atoms with van der Waals surface area (Å²) in [5.74, 6) is 0. The summed E-state index contributed by atoms with van der Waals surface area (Å²) >= 11 is 0. The molecule has 4 N–H and O–H groups in total. The predicted molar refractivity (Wildman–Crippen MR) is 15.2 cm³/mol. The zero-order valence-electron chi connectivity index (χ0n) is 2.49. The minimum absolute atomic E-state index is 0. The van der Waals surface area contributed by atoms with Gasteiger partial charge in [0.15, 0.2) is 0 Å². The van der Waals surface area contributed by atoms with E-state index >= 15 is 0 Å². The minimum Gasteiger partial charge on any atom is -0.395 e. The lowest BCUT2D eigenvalue weighted by molar-refractivity contribution is 0.417. The predicted octanol–water partition coefficient (Wildman–Crippen LogP) is 0.0646. The highest BCUT2D eigenvalue weighted by Crippen LogP contribution is 1.69. The largest absolute Gasteiger partial charge is 0.718 e. The van der Waals surface area contributed by atoms with Gasteiger partial charge in [0.05, 0.1) is 0 Å². The molecule has 2 nitrogen and oxygen atoms in total. The maximum Gasteiger partial charge on any atom is 0.718 e. The Morgan fingerprint density at radius 1 is 1.40 bits per heavy atom. The van der Waals surface area contributed by atoms with Crippen LogP contribution in [0.3, 0.4) is 0 Å². The molecule has 32 valence electrons. The van der Waals surface area contributed by atoms with Crippen LogP contribution in [0.5, 0.6) is 0 Å². The summed E-state index contributed by atoms with van der Waals surface area (Å²) in [6.45, 7) is 0. The highest BCUT2D eigenvalue weighted by Gasteiger charge is 2.01. The quantitative estimate of drug-likeness (QED) is 0.407. The number of hydrogen-bond donors (Lipinski definition) is 2. The molecule has 0 atom stereocenters. The van der Waals surface area contributed by atoms with Crippen molar-refractivity contribution in [1.29, 1.82) is 0 Å². The second-order valence-electron chi connectivity index (χ2n) is 0.278. The van der Waals surface area contributed by atoms with Gasteiger partial charge in [0.1, 0.15) is 0 Å². The molecule has 5 heavy (non-hydrogen) atoms. The Hall–Kier alpha value is -0.155. The van der Waals surface area contributed by atoms with Crippen LogP contribution < -0.4 is 6.15 Å². The van der Waals surface area contributed by atoms with E-state index in [-0.39, 0.29) is 6.15 Å². The van der Waals surface area contributed by atoms with E-state index in [1.54, 1.807) is 0 Å². The second kappa shape index (κ2) is 3.84. The first kappa shape index (κ1) is 8.85. The zero-order chi connectivity index (χ0) is 3.58. The van der Waals surface area contributed by atoms with Crippen LogP contribution >= 0.6 is 0 Å². The molecule has 0 spiro atoms. The van der Waals surface area contributed by atoms with Crippen molar-refractivity contribution < 1.29 is 13.7 Å². The first-order chi connectivity index (χ1) is 1.73. The first-order valence-corrected chi connectivity index (χ1v) is 0.695. The topological polar surface area (TPSA) is 55.2 Å². The van der Waals surface area contributed by atoms with Crippen LogP contribution in [0.1, 0.15) is 0 Å². The lowest BCUT2D eigenvalue weighted by Gasteiger charge is -1.60. The molecule has 0 heterocycles. The molecule has 0 fully saturated rings. The van der Waals surface area contributed by atoms with Crippen molar-refractivity contribution in [2.24, 2.45) is 0 Å². The van der Waals surface area contributed by atoms with Crippen molar-refractivity contribution in [2.75, 3.05) is 0 Å². The molecule has 0 aliphatic carbocycles. The molecule has 5 heteroatoms. The summed E-state index contributed by atoms with van der Waals surface area (Å²) in [6, 6.07) is 0. The van der Waals surface area contributed by atoms with Crippen LogP contribution in [-0.4, -0.2) is 12.5 Å². The number of hydrogen-bond acceptors (Lipinski definition) is 2. The van der Waals surface area contributed by atoms with Gasteiger partial charge in [-0.25, -0.2) is 0 Å². The van der Waals surface area contributed by atoms with Crippen molar-refractivity contribution in [3.63, 3.8) is 0 Å². The maximum absolute atomic E-state index is 9.89. The molecular weight excluding hydrogens is 78.8 g/mol. The summed E-state index contributed by atoms with van der Waals surface area (Å²) in [6.07, 6.45) is 0. The van der Waals surface area contributed by atoms with Gasteiger partial charge in [-0.2, -0.15) is 0 Å². The molecule has 0 unspecified atom stereocenters. The zero-order valence-corrected chi connectivity index (χ0v) is 2.49. The molecule has 0 aromatic rings. The number of rotatable bonds is 0. The lowest BCUT2D eigenvalue weighted by Crippen LogP contribution is -1.88. The van der Waals surface area contributed by atoms with Gasteiger partial charge in [0.2, 0.25) is 0 Å². The van der Waals surface area contributed by atoms with Gasteiger partial charge in [-0.05, 0) is 0 Å². The van der Waals surface area contributed by atoms with Crippen molar-refractivity contribution in [2.45, 2.75) is 0 Å². The van der Waals surface area contributed by atoms with Gasteiger partial charge >= 0.3 is 7.47 Å². The van der Waals surface area contributed by atoms with Crippen LogP contribution in [0.25, 0.3) is 0 Å². The van der Waals surface area contributed by atoms with Crippen molar-refractivity contribution >= 4 is 7.47 Å². The molecule has 0 saturated carbocycles. The third-order valence-corrected chi connectivity index (χ3v) is 0. The van der Waals surface area contributed by atoms with E-state index in [2.05, 4.69) is 0 Å². The Bertz CT molecular complexity index is 14.4. The summed E-state index contributed by atoms with van der Waals surface area (Å²) in [7, 11) is -3.17. The Kier molecular flexibility index (Phi) is 6.81. The number of halogens is 2. The Labute approximate surface area is 28.6 Å². The fourth-order valence-corrected chi connectivity index (χ4v) is 0. The van der Waals surface area contributed by atoms with Crippen LogP contribution in [0.15, 0.2) is 0 Å². The molecule has 0 aliphatic heterocycles. The fourth-order valence-electron chi connectivity index (χ4n) is 0. The van der Waals surface area contributed by atoms with Crippen LogP contribution in [0.2, 0.25) is 0 Å². The molecular formula is H4BF2NO. The van der Waals surface area contributed by atoms with Gasteiger partial charge in [-0.15, -0.1) is 0 Å². The van der Waals surface area contributed by atoms with Crippen LogP contribution in [0.4, 0.5) is 8.63 Å². The molecule has 0 radical (unpaired) electrons. The summed E-state index contributed by atoms with van der Waals surface area (Å²) in [5, 5.41) is 6.72. The highest BCUT2D eigenvalue weighted by molar-refractivity contribution is 6.32. The average Bonchev–Trinajstić information content (AvgIpc) is 0.811. The van der Waals surface area contributed by atoms with Gasteiger partial charge < -0.3 is 11.2 Å². The third-order valence-electron chi connectivity index (χ3n) is 0. The van der Waals surface area contributed by atoms with Crippen LogP contribution in [0, 0.1) is 0 Å². The first-order valence-electron chi connectivity index (χ1n) is 0.695. The van der Waals surface area contributed by atoms with E-state index in [4.69, 9.17) is 5.02 Å². The molecule has 0 aromatic heterocycles. The maximum atomic E-state index is 9.89. The van der Waals surface area contributed by atoms with E-state index in [0.717, 1.165) is 0 Å². The van der Waals surface area contributed by atoms with E-state index in [0.29, 0.717) is 0 Å². The molecule has 0 aromatic carbocycles. The summed E-state index contributed by atoms with van der Waals surface area (Å²) < 4.78 is 19.8. The van der Waals surface area contributed by atoms with E-state index < -0.39 is 7.47 Å². The van der Waals surface area contributed by atoms with Gasteiger partial charge in [0.25, 0.3) is 0 Å². The molecule has 0 amide bonds. The third kappa shape index (κ3) is 544. The Morgan fingerprint density at radius 3 is 1.40 bits per heavy atom. The van der Waals surface area contributed by atoms with Crippen molar-refractivity contribution in [3.8, 4) is 0 Å². The van der Waals surface area contributed by atoms with E-state index in [9.17, 15) is 8.63 Å². The van der Waals surface area contributed by atoms with Crippen molar-refractivity contribution in [1.82, 2.24) is 6.15 Å². The Morgan fingerprint density at radius 2 is 1.40 bits per heavy atom. The van der Waals surface area contributed by atoms with E-state index in [1.807, 2.05) is 0 Å². The standard InChI is InChI=1S/BF2HO.H3N/c2-1(3)4;/h4H;1H3. The van der Waals surface area contributed by atoms with Gasteiger partial charge in [0, 0.05) is 0 Å². The summed E-state index contributed by atoms with van der Waals surface area (Å²) in [4.78, 5) is 0. The van der Waals surface area contributed by atoms with Crippen molar-refractivity contribution in [3.05, 3.63) is 0 Å². The second-order valence-corrected chi connectivity index (χ2v) is 0.278. The van der Waals surface area contributed by atoms with Gasteiger partial charge in [-0.3, -0.25) is 8.63 Å².